The number of rotatable bonds is 7. The fraction of sp³-hybridized carbons (Fsp3) is 0.444. The molecule has 1 saturated carbocycles. The molecule has 0 saturated heterocycles. The molecule has 1 aliphatic heterocycles. The van der Waals surface area contributed by atoms with Crippen LogP contribution in [0.3, 0.4) is 0 Å². The van der Waals surface area contributed by atoms with Crippen molar-refractivity contribution in [2.45, 2.75) is 56.9 Å². The van der Waals surface area contributed by atoms with E-state index in [1.807, 2.05) is 54.8 Å². The molecule has 2 amide bonds. The molecule has 1 fully saturated rings. The predicted octanol–water partition coefficient (Wildman–Crippen LogP) is 5.24. The number of carbonyl (C=O) groups excluding carboxylic acids is 2. The average Bonchev–Trinajstić information content (AvgIpc) is 3.39. The van der Waals surface area contributed by atoms with E-state index in [2.05, 4.69) is 28.9 Å². The first-order valence-corrected chi connectivity index (χ1v) is 14.1. The van der Waals surface area contributed by atoms with Crippen molar-refractivity contribution < 1.29 is 9.59 Å². The quantitative estimate of drug-likeness (QED) is 0.475. The molecule has 184 valence electrons. The van der Waals surface area contributed by atoms with Crippen LogP contribution in [0.5, 0.6) is 0 Å². The van der Waals surface area contributed by atoms with E-state index < -0.39 is 5.92 Å². The smallest absolute Gasteiger partial charge is 0.254 e. The first-order chi connectivity index (χ1) is 17.0. The van der Waals surface area contributed by atoms with Crippen LogP contribution in [-0.4, -0.2) is 29.0 Å². The molecule has 3 atom stereocenters. The van der Waals surface area contributed by atoms with E-state index in [-0.39, 0.29) is 34.9 Å². The minimum atomic E-state index is -0.498. The molecule has 0 spiro atoms. The number of thiophene rings is 1. The Labute approximate surface area is 215 Å². The van der Waals surface area contributed by atoms with E-state index in [1.165, 1.54) is 11.8 Å². The Bertz CT molecular complexity index is 1090. The topological polar surface area (TPSA) is 94.0 Å². The van der Waals surface area contributed by atoms with Crippen molar-refractivity contribution in [1.29, 1.82) is 5.26 Å². The Morgan fingerprint density at radius 2 is 1.89 bits per heavy atom. The van der Waals surface area contributed by atoms with Gasteiger partial charge in [0, 0.05) is 33.8 Å². The van der Waals surface area contributed by atoms with Crippen LogP contribution in [0, 0.1) is 23.2 Å². The first kappa shape index (κ1) is 25.3. The van der Waals surface area contributed by atoms with Crippen LogP contribution in [0.15, 0.2) is 59.1 Å². The van der Waals surface area contributed by atoms with Gasteiger partial charge in [-0.25, -0.2) is 0 Å². The van der Waals surface area contributed by atoms with E-state index in [0.717, 1.165) is 42.2 Å². The molecular weight excluding hydrogens is 476 g/mol. The summed E-state index contributed by atoms with van der Waals surface area (Å²) in [7, 11) is 0. The highest BCUT2D eigenvalue weighted by Gasteiger charge is 2.42. The molecule has 2 aromatic rings. The van der Waals surface area contributed by atoms with Gasteiger partial charge in [-0.3, -0.25) is 9.59 Å². The number of nitriles is 1. The highest BCUT2D eigenvalue weighted by Crippen LogP contribution is 2.43. The van der Waals surface area contributed by atoms with Gasteiger partial charge >= 0.3 is 0 Å². The third-order valence-electron chi connectivity index (χ3n) is 6.81. The van der Waals surface area contributed by atoms with Gasteiger partial charge in [-0.05, 0) is 62.1 Å². The number of allylic oxidation sites excluding steroid dienone is 1. The van der Waals surface area contributed by atoms with Gasteiger partial charge in [0.05, 0.1) is 23.1 Å². The summed E-state index contributed by atoms with van der Waals surface area (Å²) in [5.74, 6) is -0.0644. The van der Waals surface area contributed by atoms with E-state index in [0.29, 0.717) is 11.3 Å². The highest BCUT2D eigenvalue weighted by molar-refractivity contribution is 8.00. The van der Waals surface area contributed by atoms with Gasteiger partial charge in [-0.1, -0.05) is 31.2 Å². The predicted molar refractivity (Wildman–Crippen MR) is 143 cm³/mol. The van der Waals surface area contributed by atoms with E-state index in [1.54, 1.807) is 11.3 Å². The second kappa shape index (κ2) is 11.8. The van der Waals surface area contributed by atoms with Crippen molar-refractivity contribution in [3.05, 3.63) is 64.0 Å². The van der Waals surface area contributed by atoms with Crippen molar-refractivity contribution in [1.82, 2.24) is 10.6 Å². The molecule has 3 unspecified atom stereocenters. The zero-order valence-electron chi connectivity index (χ0n) is 20.1. The summed E-state index contributed by atoms with van der Waals surface area (Å²) >= 11 is 2.99. The van der Waals surface area contributed by atoms with Gasteiger partial charge in [0.25, 0.3) is 5.91 Å². The monoisotopic (exact) mass is 508 g/mol. The summed E-state index contributed by atoms with van der Waals surface area (Å²) in [6, 6.07) is 15.9. The normalized spacial score (nSPS) is 26.4. The van der Waals surface area contributed by atoms with Crippen LogP contribution < -0.4 is 16.0 Å². The van der Waals surface area contributed by atoms with Gasteiger partial charge in [-0.15, -0.1) is 23.1 Å². The van der Waals surface area contributed by atoms with E-state index in [9.17, 15) is 14.9 Å². The van der Waals surface area contributed by atoms with E-state index in [4.69, 9.17) is 0 Å². The fourth-order valence-electron chi connectivity index (χ4n) is 4.91. The summed E-state index contributed by atoms with van der Waals surface area (Å²) in [5, 5.41) is 21.4. The number of nitrogens with zero attached hydrogens (tertiary/aromatic N) is 1. The lowest BCUT2D eigenvalue weighted by molar-refractivity contribution is -0.119. The molecule has 1 aliphatic carbocycles. The Hall–Kier alpha value is -2.76. The van der Waals surface area contributed by atoms with Gasteiger partial charge in [0.2, 0.25) is 5.91 Å². The lowest BCUT2D eigenvalue weighted by Crippen LogP contribution is -2.45. The Morgan fingerprint density at radius 3 is 2.54 bits per heavy atom. The number of hydrogen-bond acceptors (Lipinski definition) is 6. The molecule has 6 nitrogen and oxygen atoms in total. The number of hydrogen-bond donors (Lipinski definition) is 3. The minimum Gasteiger partial charge on any atom is -0.375 e. The maximum atomic E-state index is 13.4. The number of thioether (sulfide) groups is 1. The molecule has 1 aromatic carbocycles. The molecule has 35 heavy (non-hydrogen) atoms. The Kier molecular flexibility index (Phi) is 8.53. The lowest BCUT2D eigenvalue weighted by atomic mass is 9.81. The molecule has 4 rings (SSSR count). The highest BCUT2D eigenvalue weighted by atomic mass is 32.2. The third kappa shape index (κ3) is 6.28. The summed E-state index contributed by atoms with van der Waals surface area (Å²) in [4.78, 5) is 27.0. The summed E-state index contributed by atoms with van der Waals surface area (Å²) in [5.41, 5.74) is 2.02. The molecule has 0 bridgehead atoms. The van der Waals surface area contributed by atoms with Gasteiger partial charge in [0.15, 0.2) is 0 Å². The van der Waals surface area contributed by atoms with Gasteiger partial charge < -0.3 is 16.0 Å². The maximum absolute atomic E-state index is 13.4. The van der Waals surface area contributed by atoms with Crippen LogP contribution in [0.4, 0.5) is 5.69 Å². The number of anilines is 1. The standard InChI is InChI=1S/C27H32N4O2S2/c1-17-10-12-20(13-11-17)30-23(32)16-35-27-21(15-28)25(22-9-6-14-34-22)24(18(2)29-27)26(33)31-19-7-4-3-5-8-19/h3-9,14,17,20-21,25,27,29H,10-13,16H2,1-2H3,(H,30,32)(H,31,33). The molecule has 2 heterocycles. The van der Waals surface area contributed by atoms with Crippen molar-refractivity contribution in [2.24, 2.45) is 11.8 Å². The number of carbonyl (C=O) groups is 2. The third-order valence-corrected chi connectivity index (χ3v) is 8.96. The van der Waals surface area contributed by atoms with Crippen molar-refractivity contribution in [3.8, 4) is 6.07 Å². The van der Waals surface area contributed by atoms with E-state index >= 15 is 0 Å². The number of para-hydroxylation sites is 1. The number of amides is 2. The summed E-state index contributed by atoms with van der Waals surface area (Å²) in [6.45, 7) is 4.14. The Balaban J connectivity index is 1.49. The first-order valence-electron chi connectivity index (χ1n) is 12.1. The average molecular weight is 509 g/mol. The zero-order valence-corrected chi connectivity index (χ0v) is 21.8. The summed E-state index contributed by atoms with van der Waals surface area (Å²) in [6.07, 6.45) is 4.36. The maximum Gasteiger partial charge on any atom is 0.254 e. The number of benzene rings is 1. The molecular formula is C27H32N4O2S2. The van der Waals surface area contributed by atoms with Crippen LogP contribution in [0.2, 0.25) is 0 Å². The molecule has 8 heteroatoms. The van der Waals surface area contributed by atoms with Crippen LogP contribution >= 0.6 is 23.1 Å². The van der Waals surface area contributed by atoms with Crippen molar-refractivity contribution in [2.75, 3.05) is 11.1 Å². The van der Waals surface area contributed by atoms with Crippen molar-refractivity contribution >= 4 is 40.6 Å². The Morgan fingerprint density at radius 1 is 1.14 bits per heavy atom. The largest absolute Gasteiger partial charge is 0.375 e. The number of nitrogens with one attached hydrogen (secondary N) is 3. The molecule has 0 radical (unpaired) electrons. The second-order valence-electron chi connectivity index (χ2n) is 9.41. The van der Waals surface area contributed by atoms with Gasteiger partial charge in [0.1, 0.15) is 0 Å². The zero-order chi connectivity index (χ0) is 24.8. The summed E-state index contributed by atoms with van der Waals surface area (Å²) < 4.78 is 0. The fourth-order valence-corrected chi connectivity index (χ4v) is 6.90. The van der Waals surface area contributed by atoms with Crippen LogP contribution in [0.25, 0.3) is 0 Å². The lowest BCUT2D eigenvalue weighted by Gasteiger charge is -2.37. The SMILES string of the molecule is CC1=C(C(=O)Nc2ccccc2)C(c2cccs2)C(C#N)C(SCC(=O)NC2CCC(C)CC2)N1. The molecule has 2 aliphatic rings. The second-order valence-corrected chi connectivity index (χ2v) is 11.5. The minimum absolute atomic E-state index is 0.00923. The molecule has 3 N–H and O–H groups in total. The van der Waals surface area contributed by atoms with Crippen LogP contribution in [-0.2, 0) is 9.59 Å². The molecule has 1 aromatic heterocycles. The van der Waals surface area contributed by atoms with Crippen molar-refractivity contribution in [3.63, 3.8) is 0 Å². The van der Waals surface area contributed by atoms with Crippen LogP contribution in [0.1, 0.15) is 50.3 Å². The van der Waals surface area contributed by atoms with Gasteiger partial charge in [-0.2, -0.15) is 5.26 Å².